The largest absolute Gasteiger partial charge is 0.497 e. The third-order valence-corrected chi connectivity index (χ3v) is 6.07. The van der Waals surface area contributed by atoms with Gasteiger partial charge in [0.15, 0.2) is 6.10 Å². The van der Waals surface area contributed by atoms with Crippen molar-refractivity contribution < 1.29 is 24.5 Å². The number of carbonyl (C=O) groups excluding carboxylic acids is 2. The van der Waals surface area contributed by atoms with Gasteiger partial charge in [-0.25, -0.2) is 0 Å². The molecule has 2 N–H and O–H groups in total. The Morgan fingerprint density at radius 2 is 1.80 bits per heavy atom. The van der Waals surface area contributed by atoms with Crippen molar-refractivity contribution in [1.82, 2.24) is 4.90 Å². The molecule has 0 aliphatic carbocycles. The second-order valence-electron chi connectivity index (χ2n) is 7.10. The Labute approximate surface area is 181 Å². The lowest BCUT2D eigenvalue weighted by Gasteiger charge is -2.28. The molecule has 0 fully saturated rings. The van der Waals surface area contributed by atoms with Crippen LogP contribution in [0.1, 0.15) is 17.7 Å². The molecule has 0 unspecified atom stereocenters. The van der Waals surface area contributed by atoms with E-state index in [1.54, 1.807) is 23.8 Å². The molecule has 1 aliphatic heterocycles. The molecule has 3 rings (SSSR count). The van der Waals surface area contributed by atoms with Gasteiger partial charge >= 0.3 is 5.97 Å². The van der Waals surface area contributed by atoms with E-state index < -0.39 is 12.1 Å². The van der Waals surface area contributed by atoms with Gasteiger partial charge in [-0.05, 0) is 43.9 Å². The molecule has 2 aromatic carbocycles. The highest BCUT2D eigenvalue weighted by Gasteiger charge is 2.40. The molecule has 1 amide bonds. The zero-order chi connectivity index (χ0) is 21.0. The SMILES string of the molecule is COc1ccc([C@@H]2Sc3ccccc3N(CCN(C)C)C(=O)[C@@H]2OC(C)=O)cc1.O. The summed E-state index contributed by atoms with van der Waals surface area (Å²) in [4.78, 5) is 30.2. The van der Waals surface area contributed by atoms with E-state index in [1.165, 1.54) is 6.92 Å². The van der Waals surface area contributed by atoms with Crippen molar-refractivity contribution in [2.45, 2.75) is 23.2 Å². The van der Waals surface area contributed by atoms with Crippen molar-refractivity contribution in [3.05, 3.63) is 54.1 Å². The van der Waals surface area contributed by atoms with Crippen molar-refractivity contribution >= 4 is 29.3 Å². The lowest BCUT2D eigenvalue weighted by atomic mass is 10.1. The maximum Gasteiger partial charge on any atom is 0.303 e. The number of hydrogen-bond donors (Lipinski definition) is 0. The maximum absolute atomic E-state index is 13.6. The molecule has 0 radical (unpaired) electrons. The first-order valence-corrected chi connectivity index (χ1v) is 10.3. The van der Waals surface area contributed by atoms with E-state index in [2.05, 4.69) is 0 Å². The van der Waals surface area contributed by atoms with Gasteiger partial charge in [0.25, 0.3) is 5.91 Å². The van der Waals surface area contributed by atoms with Crippen LogP contribution in [0.25, 0.3) is 0 Å². The number of para-hydroxylation sites is 1. The predicted molar refractivity (Wildman–Crippen MR) is 118 cm³/mol. The van der Waals surface area contributed by atoms with E-state index in [4.69, 9.17) is 9.47 Å². The minimum atomic E-state index is -0.916. The van der Waals surface area contributed by atoms with Crippen LogP contribution in [0.15, 0.2) is 53.4 Å². The zero-order valence-electron chi connectivity index (χ0n) is 17.6. The van der Waals surface area contributed by atoms with Crippen molar-refractivity contribution in [3.63, 3.8) is 0 Å². The Kier molecular flexibility index (Phi) is 8.28. The van der Waals surface area contributed by atoms with Gasteiger partial charge in [0.2, 0.25) is 0 Å². The molecule has 1 heterocycles. The summed E-state index contributed by atoms with van der Waals surface area (Å²) in [6, 6.07) is 15.4. The van der Waals surface area contributed by atoms with Crippen LogP contribution in [0.3, 0.4) is 0 Å². The molecule has 0 saturated heterocycles. The summed E-state index contributed by atoms with van der Waals surface area (Å²) in [6.45, 7) is 2.55. The second kappa shape index (κ2) is 10.5. The van der Waals surface area contributed by atoms with Crippen molar-refractivity contribution in [3.8, 4) is 5.75 Å². The van der Waals surface area contributed by atoms with Gasteiger partial charge < -0.3 is 24.7 Å². The lowest BCUT2D eigenvalue weighted by molar-refractivity contribution is -0.152. The summed E-state index contributed by atoms with van der Waals surface area (Å²) in [7, 11) is 5.54. The van der Waals surface area contributed by atoms with E-state index in [-0.39, 0.29) is 16.6 Å². The monoisotopic (exact) mass is 432 g/mol. The number of fused-ring (bicyclic) bond motifs is 1. The first-order valence-electron chi connectivity index (χ1n) is 9.43. The van der Waals surface area contributed by atoms with Crippen LogP contribution in [0.4, 0.5) is 5.69 Å². The minimum absolute atomic E-state index is 0. The number of hydrogen-bond acceptors (Lipinski definition) is 6. The third kappa shape index (κ3) is 5.33. The molecule has 1 aliphatic rings. The lowest BCUT2D eigenvalue weighted by Crippen LogP contribution is -2.45. The molecule has 162 valence electrons. The predicted octanol–water partition coefficient (Wildman–Crippen LogP) is 2.54. The second-order valence-corrected chi connectivity index (χ2v) is 8.29. The summed E-state index contributed by atoms with van der Waals surface area (Å²) in [5.74, 6) is 0.0528. The number of anilines is 1. The van der Waals surface area contributed by atoms with E-state index in [0.717, 1.165) is 21.9 Å². The van der Waals surface area contributed by atoms with Gasteiger partial charge in [-0.15, -0.1) is 11.8 Å². The highest BCUT2D eigenvalue weighted by Crippen LogP contribution is 2.46. The highest BCUT2D eigenvalue weighted by molar-refractivity contribution is 7.99. The van der Waals surface area contributed by atoms with Crippen LogP contribution in [-0.4, -0.2) is 62.7 Å². The number of ether oxygens (including phenoxy) is 2. The summed E-state index contributed by atoms with van der Waals surface area (Å²) < 4.78 is 10.8. The molecule has 0 aromatic heterocycles. The van der Waals surface area contributed by atoms with E-state index in [1.807, 2.05) is 67.5 Å². The van der Waals surface area contributed by atoms with E-state index in [0.29, 0.717) is 13.1 Å². The van der Waals surface area contributed by atoms with Gasteiger partial charge in [-0.3, -0.25) is 9.59 Å². The number of nitrogens with zero attached hydrogens (tertiary/aromatic N) is 2. The Morgan fingerprint density at radius 3 is 2.40 bits per heavy atom. The van der Waals surface area contributed by atoms with Crippen LogP contribution in [0.5, 0.6) is 5.75 Å². The summed E-state index contributed by atoms with van der Waals surface area (Å²) in [6.07, 6.45) is -0.916. The molecule has 30 heavy (non-hydrogen) atoms. The molecule has 2 atom stereocenters. The standard InChI is InChI=1S/C22H26N2O4S.H2O/c1-15(25)28-20-21(16-9-11-17(27-4)12-10-16)29-19-8-6-5-7-18(19)24(22(20)26)14-13-23(2)3;/h5-12,20-21H,13-14H2,1-4H3;1H2/t20-,21+;/m1./s1. The minimum Gasteiger partial charge on any atom is -0.497 e. The summed E-state index contributed by atoms with van der Waals surface area (Å²) >= 11 is 1.54. The number of benzene rings is 2. The Bertz CT molecular complexity index is 872. The maximum atomic E-state index is 13.6. The number of esters is 1. The fourth-order valence-electron chi connectivity index (χ4n) is 3.24. The average Bonchev–Trinajstić information content (AvgIpc) is 2.81. The number of amides is 1. The zero-order valence-corrected chi connectivity index (χ0v) is 18.4. The van der Waals surface area contributed by atoms with Gasteiger partial charge in [0.05, 0.1) is 18.0 Å². The van der Waals surface area contributed by atoms with Gasteiger partial charge in [0, 0.05) is 24.9 Å². The molecule has 7 nitrogen and oxygen atoms in total. The molecule has 0 bridgehead atoms. The molecular weight excluding hydrogens is 404 g/mol. The van der Waals surface area contributed by atoms with E-state index >= 15 is 0 Å². The van der Waals surface area contributed by atoms with Crippen LogP contribution in [0, 0.1) is 0 Å². The topological polar surface area (TPSA) is 90.6 Å². The van der Waals surface area contributed by atoms with Gasteiger partial charge in [0.1, 0.15) is 5.75 Å². The molecule has 0 saturated carbocycles. The molecule has 0 spiro atoms. The first kappa shape index (κ1) is 23.7. The number of methoxy groups -OCH3 is 1. The Hall–Kier alpha value is -2.55. The van der Waals surface area contributed by atoms with Crippen LogP contribution in [-0.2, 0) is 14.3 Å². The summed E-state index contributed by atoms with van der Waals surface area (Å²) in [5, 5.41) is -0.359. The number of thioether (sulfide) groups is 1. The van der Waals surface area contributed by atoms with Gasteiger partial charge in [-0.1, -0.05) is 24.3 Å². The Balaban J connectivity index is 0.00000320. The quantitative estimate of drug-likeness (QED) is 0.652. The summed E-state index contributed by atoms with van der Waals surface area (Å²) in [5.41, 5.74) is 1.75. The van der Waals surface area contributed by atoms with E-state index in [9.17, 15) is 9.59 Å². The highest BCUT2D eigenvalue weighted by atomic mass is 32.2. The normalized spacial score (nSPS) is 18.3. The Morgan fingerprint density at radius 1 is 1.13 bits per heavy atom. The smallest absolute Gasteiger partial charge is 0.303 e. The number of rotatable bonds is 6. The fraction of sp³-hybridized carbons (Fsp3) is 0.364. The third-order valence-electron chi connectivity index (χ3n) is 4.70. The fourth-order valence-corrected chi connectivity index (χ4v) is 4.56. The first-order chi connectivity index (χ1) is 13.9. The average molecular weight is 433 g/mol. The van der Waals surface area contributed by atoms with Crippen molar-refractivity contribution in [2.24, 2.45) is 0 Å². The van der Waals surface area contributed by atoms with Crippen molar-refractivity contribution in [1.29, 1.82) is 0 Å². The van der Waals surface area contributed by atoms with Crippen molar-refractivity contribution in [2.75, 3.05) is 39.2 Å². The van der Waals surface area contributed by atoms with Gasteiger partial charge in [-0.2, -0.15) is 0 Å². The van der Waals surface area contributed by atoms with Crippen LogP contribution < -0.4 is 9.64 Å². The van der Waals surface area contributed by atoms with Crippen LogP contribution in [0.2, 0.25) is 0 Å². The molecule has 8 heteroatoms. The number of carbonyl (C=O) groups is 2. The molecular formula is C22H28N2O5S. The molecule has 2 aromatic rings. The van der Waals surface area contributed by atoms with Crippen LogP contribution >= 0.6 is 11.8 Å². The number of likely N-dealkylation sites (N-methyl/N-ethyl adjacent to an activating group) is 1.